The van der Waals surface area contributed by atoms with Gasteiger partial charge in [-0.1, -0.05) is 6.07 Å². The van der Waals surface area contributed by atoms with Crippen molar-refractivity contribution in [2.75, 3.05) is 6.61 Å². The number of aliphatic carboxylic acids is 1. The van der Waals surface area contributed by atoms with Crippen molar-refractivity contribution < 1.29 is 28.3 Å². The summed E-state index contributed by atoms with van der Waals surface area (Å²) in [5, 5.41) is 8.23. The van der Waals surface area contributed by atoms with E-state index in [0.29, 0.717) is 0 Å². The maximum absolute atomic E-state index is 13.4. The van der Waals surface area contributed by atoms with E-state index in [0.717, 1.165) is 6.07 Å². The smallest absolute Gasteiger partial charge is 0.332 e. The summed E-state index contributed by atoms with van der Waals surface area (Å²) in [6.07, 6.45) is 0. The summed E-state index contributed by atoms with van der Waals surface area (Å²) in [6, 6.07) is 2.12. The molecule has 0 saturated heterocycles. The minimum atomic E-state index is -1.32. The lowest BCUT2D eigenvalue weighted by Crippen LogP contribution is -2.28. The average molecular weight is 245 g/mol. The highest BCUT2D eigenvalue weighted by Gasteiger charge is 2.19. The fraction of sp³-hybridized carbons (Fsp3) is 0.200. The Hall–Kier alpha value is -2.02. The fourth-order valence-corrected chi connectivity index (χ4v) is 1.08. The average Bonchev–Trinajstić information content (AvgIpc) is 2.23. The zero-order valence-electron chi connectivity index (χ0n) is 8.79. The zero-order chi connectivity index (χ0) is 13.0. The number of carbonyl (C=O) groups excluding carboxylic acids is 1. The number of carboxylic acids is 1. The molecule has 1 rings (SSSR count). The second-order valence-electron chi connectivity index (χ2n) is 3.17. The predicted octanol–water partition coefficient (Wildman–Crippen LogP) is 1.02. The molecule has 0 fully saturated rings. The summed E-state index contributed by atoms with van der Waals surface area (Å²) in [5.41, 5.74) is 0.922. The van der Waals surface area contributed by atoms with Gasteiger partial charge in [-0.15, -0.1) is 0 Å². The Morgan fingerprint density at radius 3 is 2.65 bits per heavy atom. The van der Waals surface area contributed by atoms with Crippen LogP contribution in [0.4, 0.5) is 8.78 Å². The van der Waals surface area contributed by atoms with Crippen LogP contribution < -0.4 is 5.48 Å². The molecule has 17 heavy (non-hydrogen) atoms. The number of halogens is 2. The molecule has 0 aromatic heterocycles. The standard InChI is InChI=1S/C10H9F2NO4/c1-5-2-3-6(11)8(9(5)12)10(16)13-17-4-7(14)15/h2-3H,4H2,1H3,(H,13,16)(H,14,15). The Labute approximate surface area is 95.0 Å². The molecule has 1 aromatic carbocycles. The van der Waals surface area contributed by atoms with Crippen LogP contribution in [-0.4, -0.2) is 23.6 Å². The number of amides is 1. The number of hydrogen-bond acceptors (Lipinski definition) is 3. The van der Waals surface area contributed by atoms with Crippen molar-refractivity contribution in [3.8, 4) is 0 Å². The van der Waals surface area contributed by atoms with Crippen LogP contribution in [0.25, 0.3) is 0 Å². The molecule has 0 atom stereocenters. The highest BCUT2D eigenvalue weighted by atomic mass is 19.1. The molecule has 1 aromatic rings. The Morgan fingerprint density at radius 1 is 1.41 bits per heavy atom. The van der Waals surface area contributed by atoms with Gasteiger partial charge in [0.05, 0.1) is 0 Å². The molecule has 0 aliphatic heterocycles. The maximum atomic E-state index is 13.4. The van der Waals surface area contributed by atoms with E-state index < -0.39 is 35.7 Å². The first-order valence-electron chi connectivity index (χ1n) is 4.52. The van der Waals surface area contributed by atoms with Crippen molar-refractivity contribution in [3.63, 3.8) is 0 Å². The number of benzene rings is 1. The summed E-state index contributed by atoms with van der Waals surface area (Å²) < 4.78 is 26.6. The maximum Gasteiger partial charge on any atom is 0.332 e. The first kappa shape index (κ1) is 13.0. The fourth-order valence-electron chi connectivity index (χ4n) is 1.08. The van der Waals surface area contributed by atoms with Crippen LogP contribution in [-0.2, 0) is 9.63 Å². The normalized spacial score (nSPS) is 10.1. The number of hydroxylamine groups is 1. The van der Waals surface area contributed by atoms with Gasteiger partial charge in [0.2, 0.25) is 0 Å². The van der Waals surface area contributed by atoms with Gasteiger partial charge in [-0.2, -0.15) is 0 Å². The van der Waals surface area contributed by atoms with Gasteiger partial charge >= 0.3 is 5.97 Å². The highest BCUT2D eigenvalue weighted by molar-refractivity contribution is 5.94. The lowest BCUT2D eigenvalue weighted by molar-refractivity contribution is -0.144. The molecular weight excluding hydrogens is 236 g/mol. The second kappa shape index (κ2) is 5.35. The van der Waals surface area contributed by atoms with Crippen LogP contribution in [0.1, 0.15) is 15.9 Å². The molecule has 0 unspecified atom stereocenters. The van der Waals surface area contributed by atoms with Gasteiger partial charge in [-0.3, -0.25) is 9.63 Å². The van der Waals surface area contributed by atoms with Gasteiger partial charge in [0.25, 0.3) is 5.91 Å². The SMILES string of the molecule is Cc1ccc(F)c(C(=O)NOCC(=O)O)c1F. The molecule has 0 aliphatic rings. The first-order valence-corrected chi connectivity index (χ1v) is 4.52. The van der Waals surface area contributed by atoms with Crippen molar-refractivity contribution in [2.24, 2.45) is 0 Å². The molecule has 0 heterocycles. The Morgan fingerprint density at radius 2 is 2.06 bits per heavy atom. The van der Waals surface area contributed by atoms with Crippen molar-refractivity contribution in [3.05, 3.63) is 34.9 Å². The summed E-state index contributed by atoms with van der Waals surface area (Å²) in [5.74, 6) is -4.56. The van der Waals surface area contributed by atoms with Crippen LogP contribution in [0.15, 0.2) is 12.1 Å². The lowest BCUT2D eigenvalue weighted by Gasteiger charge is -2.07. The molecule has 0 aliphatic carbocycles. The van der Waals surface area contributed by atoms with Gasteiger partial charge in [-0.25, -0.2) is 19.1 Å². The largest absolute Gasteiger partial charge is 0.479 e. The molecule has 0 bridgehead atoms. The molecule has 2 N–H and O–H groups in total. The number of carboxylic acid groups (broad SMARTS) is 1. The summed E-state index contributed by atoms with van der Waals surface area (Å²) in [6.45, 7) is 0.560. The third kappa shape index (κ3) is 3.22. The molecule has 1 amide bonds. The van der Waals surface area contributed by atoms with Gasteiger partial charge in [-0.05, 0) is 18.6 Å². The van der Waals surface area contributed by atoms with Crippen molar-refractivity contribution >= 4 is 11.9 Å². The van der Waals surface area contributed by atoms with Crippen LogP contribution in [0.5, 0.6) is 0 Å². The van der Waals surface area contributed by atoms with Gasteiger partial charge in [0.1, 0.15) is 17.2 Å². The van der Waals surface area contributed by atoms with Crippen LogP contribution in [0.2, 0.25) is 0 Å². The summed E-state index contributed by atoms with van der Waals surface area (Å²) in [4.78, 5) is 25.6. The predicted molar refractivity (Wildman–Crippen MR) is 52.1 cm³/mol. The van der Waals surface area contributed by atoms with Crippen LogP contribution >= 0.6 is 0 Å². The number of nitrogens with one attached hydrogen (secondary N) is 1. The van der Waals surface area contributed by atoms with E-state index in [-0.39, 0.29) is 5.56 Å². The monoisotopic (exact) mass is 245 g/mol. The molecule has 92 valence electrons. The van der Waals surface area contributed by atoms with Gasteiger partial charge < -0.3 is 5.11 Å². The molecule has 0 spiro atoms. The van der Waals surface area contributed by atoms with Gasteiger partial charge in [0, 0.05) is 0 Å². The van der Waals surface area contributed by atoms with Crippen molar-refractivity contribution in [1.82, 2.24) is 5.48 Å². The lowest BCUT2D eigenvalue weighted by atomic mass is 10.1. The van der Waals surface area contributed by atoms with E-state index in [4.69, 9.17) is 5.11 Å². The van der Waals surface area contributed by atoms with E-state index in [2.05, 4.69) is 4.84 Å². The number of aryl methyl sites for hydroxylation is 1. The van der Waals surface area contributed by atoms with E-state index in [9.17, 15) is 18.4 Å². The second-order valence-corrected chi connectivity index (χ2v) is 3.17. The Kier molecular flexibility index (Phi) is 4.11. The molecular formula is C10H9F2NO4. The van der Waals surface area contributed by atoms with Crippen molar-refractivity contribution in [1.29, 1.82) is 0 Å². The van der Waals surface area contributed by atoms with Gasteiger partial charge in [0.15, 0.2) is 6.61 Å². The Balaban J connectivity index is 2.82. The van der Waals surface area contributed by atoms with E-state index in [1.807, 2.05) is 0 Å². The number of rotatable bonds is 4. The number of hydrogen-bond donors (Lipinski definition) is 2. The Bertz CT molecular complexity index is 462. The highest BCUT2D eigenvalue weighted by Crippen LogP contribution is 2.15. The molecule has 5 nitrogen and oxygen atoms in total. The zero-order valence-corrected chi connectivity index (χ0v) is 8.79. The molecule has 7 heteroatoms. The summed E-state index contributed by atoms with van der Waals surface area (Å²) >= 11 is 0. The topological polar surface area (TPSA) is 75.6 Å². The van der Waals surface area contributed by atoms with E-state index >= 15 is 0 Å². The van der Waals surface area contributed by atoms with Crippen LogP contribution in [0.3, 0.4) is 0 Å². The third-order valence-corrected chi connectivity index (χ3v) is 1.87. The molecule has 0 radical (unpaired) electrons. The minimum absolute atomic E-state index is 0.0924. The first-order chi connectivity index (χ1) is 7.93. The van der Waals surface area contributed by atoms with Crippen LogP contribution in [0, 0.1) is 18.6 Å². The van der Waals surface area contributed by atoms with Crippen molar-refractivity contribution in [2.45, 2.75) is 6.92 Å². The number of carbonyl (C=O) groups is 2. The molecule has 0 saturated carbocycles. The quantitative estimate of drug-likeness (QED) is 0.776. The minimum Gasteiger partial charge on any atom is -0.479 e. The van der Waals surface area contributed by atoms with E-state index in [1.54, 1.807) is 5.48 Å². The summed E-state index contributed by atoms with van der Waals surface area (Å²) in [7, 11) is 0. The van der Waals surface area contributed by atoms with E-state index in [1.165, 1.54) is 13.0 Å². The third-order valence-electron chi connectivity index (χ3n) is 1.87.